The summed E-state index contributed by atoms with van der Waals surface area (Å²) in [6.45, 7) is 0. The Hall–Kier alpha value is -2.60. The molecule has 0 saturated carbocycles. The van der Waals surface area contributed by atoms with Crippen LogP contribution in [-0.2, 0) is 0 Å². The van der Waals surface area contributed by atoms with E-state index in [1.165, 1.54) is 17.0 Å². The Kier molecular flexibility index (Phi) is 3.00. The number of carboxylic acids is 1. The molecule has 3 rings (SSSR count). The minimum atomic E-state index is -1.14. The first-order valence-electron chi connectivity index (χ1n) is 5.65. The highest BCUT2D eigenvalue weighted by Crippen LogP contribution is 2.26. The average Bonchev–Trinajstić information content (AvgIpc) is 3.08. The standard InChI is InChI=1S/C13H8ClN3O3/c14-8-3-1-5-15-12(8)17-10(11-4-2-6-20-11)7-9(16-17)13(18)19/h1-7H,(H,18,19). The fourth-order valence-electron chi connectivity index (χ4n) is 1.78. The number of hydrogen-bond acceptors (Lipinski definition) is 4. The zero-order valence-corrected chi connectivity index (χ0v) is 10.8. The number of aromatic nitrogens is 3. The lowest BCUT2D eigenvalue weighted by Gasteiger charge is -2.05. The lowest BCUT2D eigenvalue weighted by atomic mass is 10.3. The fourth-order valence-corrected chi connectivity index (χ4v) is 1.98. The van der Waals surface area contributed by atoms with Gasteiger partial charge in [-0.3, -0.25) is 0 Å². The first-order valence-corrected chi connectivity index (χ1v) is 6.03. The summed E-state index contributed by atoms with van der Waals surface area (Å²) in [5.41, 5.74) is 0.353. The third kappa shape index (κ3) is 2.06. The quantitative estimate of drug-likeness (QED) is 0.802. The van der Waals surface area contributed by atoms with E-state index in [9.17, 15) is 4.79 Å². The van der Waals surface area contributed by atoms with Crippen molar-refractivity contribution in [2.45, 2.75) is 0 Å². The van der Waals surface area contributed by atoms with Gasteiger partial charge in [0.25, 0.3) is 0 Å². The number of nitrogens with zero attached hydrogens (tertiary/aromatic N) is 3. The van der Waals surface area contributed by atoms with E-state index < -0.39 is 5.97 Å². The normalized spacial score (nSPS) is 10.7. The molecule has 0 spiro atoms. The van der Waals surface area contributed by atoms with Crippen LogP contribution >= 0.6 is 11.6 Å². The highest BCUT2D eigenvalue weighted by molar-refractivity contribution is 6.32. The van der Waals surface area contributed by atoms with E-state index in [0.717, 1.165) is 0 Å². The number of aromatic carboxylic acids is 1. The molecule has 20 heavy (non-hydrogen) atoms. The molecule has 0 bridgehead atoms. The molecule has 3 aromatic rings. The summed E-state index contributed by atoms with van der Waals surface area (Å²) in [6.07, 6.45) is 3.04. The topological polar surface area (TPSA) is 81.1 Å². The second-order valence-electron chi connectivity index (χ2n) is 3.92. The summed E-state index contributed by atoms with van der Waals surface area (Å²) in [5.74, 6) is -0.316. The SMILES string of the molecule is O=C(O)c1cc(-c2ccco2)n(-c2ncccc2Cl)n1. The van der Waals surface area contributed by atoms with E-state index >= 15 is 0 Å². The smallest absolute Gasteiger partial charge is 0.356 e. The van der Waals surface area contributed by atoms with Crippen LogP contribution in [-0.4, -0.2) is 25.8 Å². The first kappa shape index (κ1) is 12.4. The van der Waals surface area contributed by atoms with Crippen LogP contribution in [0.2, 0.25) is 5.02 Å². The van der Waals surface area contributed by atoms with Crippen LogP contribution in [0.25, 0.3) is 17.3 Å². The fraction of sp³-hybridized carbons (Fsp3) is 0. The largest absolute Gasteiger partial charge is 0.476 e. The van der Waals surface area contributed by atoms with Crippen molar-refractivity contribution in [1.82, 2.24) is 14.8 Å². The van der Waals surface area contributed by atoms with Gasteiger partial charge in [0.15, 0.2) is 17.3 Å². The van der Waals surface area contributed by atoms with Crippen molar-refractivity contribution in [1.29, 1.82) is 0 Å². The zero-order valence-electron chi connectivity index (χ0n) is 10.0. The Morgan fingerprint density at radius 2 is 2.20 bits per heavy atom. The van der Waals surface area contributed by atoms with Gasteiger partial charge < -0.3 is 9.52 Å². The second-order valence-corrected chi connectivity index (χ2v) is 4.33. The first-order chi connectivity index (χ1) is 9.66. The van der Waals surface area contributed by atoms with Crippen molar-refractivity contribution in [3.05, 3.63) is 53.5 Å². The zero-order chi connectivity index (χ0) is 14.1. The molecule has 7 heteroatoms. The lowest BCUT2D eigenvalue weighted by molar-refractivity contribution is 0.0690. The van der Waals surface area contributed by atoms with Gasteiger partial charge in [-0.1, -0.05) is 11.6 Å². The molecule has 0 aliphatic rings. The molecule has 3 heterocycles. The summed E-state index contributed by atoms with van der Waals surface area (Å²) < 4.78 is 6.64. The molecule has 0 amide bonds. The van der Waals surface area contributed by atoms with Gasteiger partial charge in [-0.05, 0) is 24.3 Å². The summed E-state index contributed by atoms with van der Waals surface area (Å²) in [6, 6.07) is 8.15. The molecule has 0 saturated heterocycles. The minimum Gasteiger partial charge on any atom is -0.476 e. The number of furan rings is 1. The van der Waals surface area contributed by atoms with Crippen molar-refractivity contribution in [2.75, 3.05) is 0 Å². The molecule has 3 aromatic heterocycles. The Bertz CT molecular complexity index is 765. The van der Waals surface area contributed by atoms with Crippen LogP contribution < -0.4 is 0 Å². The molecule has 100 valence electrons. The molecular formula is C13H8ClN3O3. The van der Waals surface area contributed by atoms with Gasteiger partial charge in [0, 0.05) is 12.3 Å². The highest BCUT2D eigenvalue weighted by Gasteiger charge is 2.19. The molecule has 0 fully saturated rings. The summed E-state index contributed by atoms with van der Waals surface area (Å²) in [7, 11) is 0. The van der Waals surface area contributed by atoms with Crippen molar-refractivity contribution < 1.29 is 14.3 Å². The molecular weight excluding hydrogens is 282 g/mol. The maximum Gasteiger partial charge on any atom is 0.356 e. The third-order valence-electron chi connectivity index (χ3n) is 2.64. The number of carbonyl (C=O) groups is 1. The second kappa shape index (κ2) is 4.82. The van der Waals surface area contributed by atoms with E-state index in [1.807, 2.05) is 0 Å². The van der Waals surface area contributed by atoms with Gasteiger partial charge >= 0.3 is 5.97 Å². The van der Waals surface area contributed by atoms with E-state index in [0.29, 0.717) is 22.3 Å². The molecule has 0 aliphatic heterocycles. The summed E-state index contributed by atoms with van der Waals surface area (Å²) >= 11 is 6.08. The maximum atomic E-state index is 11.1. The van der Waals surface area contributed by atoms with Crippen LogP contribution in [0.15, 0.2) is 47.2 Å². The average molecular weight is 290 g/mol. The van der Waals surface area contributed by atoms with Crippen molar-refractivity contribution in [3.63, 3.8) is 0 Å². The van der Waals surface area contributed by atoms with Gasteiger partial charge in [-0.2, -0.15) is 5.10 Å². The summed E-state index contributed by atoms with van der Waals surface area (Å²) in [5, 5.41) is 13.4. The predicted octanol–water partition coefficient (Wildman–Crippen LogP) is 2.88. The third-order valence-corrected chi connectivity index (χ3v) is 2.94. The van der Waals surface area contributed by atoms with Gasteiger partial charge in [-0.15, -0.1) is 0 Å². The Morgan fingerprint density at radius 3 is 2.85 bits per heavy atom. The Morgan fingerprint density at radius 1 is 1.35 bits per heavy atom. The number of halogens is 1. The molecule has 0 radical (unpaired) electrons. The molecule has 6 nitrogen and oxygen atoms in total. The van der Waals surface area contributed by atoms with Crippen molar-refractivity contribution >= 4 is 17.6 Å². The maximum absolute atomic E-state index is 11.1. The van der Waals surface area contributed by atoms with Crippen LogP contribution in [0.5, 0.6) is 0 Å². The molecule has 0 aliphatic carbocycles. The van der Waals surface area contributed by atoms with Crippen LogP contribution in [0.1, 0.15) is 10.5 Å². The van der Waals surface area contributed by atoms with Gasteiger partial charge in [0.05, 0.1) is 11.3 Å². The Balaban J connectivity index is 2.24. The van der Waals surface area contributed by atoms with E-state index in [4.69, 9.17) is 21.1 Å². The van der Waals surface area contributed by atoms with Gasteiger partial charge in [0.2, 0.25) is 0 Å². The van der Waals surface area contributed by atoms with Crippen LogP contribution in [0.4, 0.5) is 0 Å². The van der Waals surface area contributed by atoms with Gasteiger partial charge in [0.1, 0.15) is 5.69 Å². The molecule has 0 unspecified atom stereocenters. The predicted molar refractivity (Wildman–Crippen MR) is 71.0 cm³/mol. The number of rotatable bonds is 3. The summed E-state index contributed by atoms with van der Waals surface area (Å²) in [4.78, 5) is 15.2. The van der Waals surface area contributed by atoms with Crippen molar-refractivity contribution in [3.8, 4) is 17.3 Å². The molecule has 0 atom stereocenters. The number of pyridine rings is 1. The lowest BCUT2D eigenvalue weighted by Crippen LogP contribution is -2.04. The van der Waals surface area contributed by atoms with E-state index in [1.54, 1.807) is 30.5 Å². The highest BCUT2D eigenvalue weighted by atomic mass is 35.5. The molecule has 1 N–H and O–H groups in total. The Labute approximate surface area is 118 Å². The number of hydrogen-bond donors (Lipinski definition) is 1. The minimum absolute atomic E-state index is 0.113. The van der Waals surface area contributed by atoms with Crippen LogP contribution in [0, 0.1) is 0 Å². The molecule has 0 aromatic carbocycles. The van der Waals surface area contributed by atoms with Crippen LogP contribution in [0.3, 0.4) is 0 Å². The van der Waals surface area contributed by atoms with E-state index in [-0.39, 0.29) is 5.69 Å². The number of carboxylic acid groups (broad SMARTS) is 1. The van der Waals surface area contributed by atoms with Gasteiger partial charge in [-0.25, -0.2) is 14.5 Å². The van der Waals surface area contributed by atoms with E-state index in [2.05, 4.69) is 10.1 Å². The monoisotopic (exact) mass is 289 g/mol. The van der Waals surface area contributed by atoms with Crippen molar-refractivity contribution in [2.24, 2.45) is 0 Å².